The van der Waals surface area contributed by atoms with Crippen LogP contribution >= 0.6 is 0 Å². The van der Waals surface area contributed by atoms with Crippen molar-refractivity contribution in [3.05, 3.63) is 24.0 Å². The van der Waals surface area contributed by atoms with Crippen molar-refractivity contribution in [1.82, 2.24) is 20.1 Å². The van der Waals surface area contributed by atoms with Crippen LogP contribution in [0.3, 0.4) is 0 Å². The van der Waals surface area contributed by atoms with Crippen LogP contribution in [-0.4, -0.2) is 47.5 Å². The molecular weight excluding hydrogens is 280 g/mol. The molecule has 6 heteroatoms. The minimum Gasteiger partial charge on any atom is -0.353 e. The Morgan fingerprint density at radius 3 is 2.50 bits per heavy atom. The first kappa shape index (κ1) is 16.5. The summed E-state index contributed by atoms with van der Waals surface area (Å²) in [6.07, 6.45) is 5.20. The lowest BCUT2D eigenvalue weighted by Gasteiger charge is -2.28. The molecule has 1 aromatic heterocycles. The van der Waals surface area contributed by atoms with Gasteiger partial charge in [0, 0.05) is 32.0 Å². The first-order chi connectivity index (χ1) is 10.6. The van der Waals surface area contributed by atoms with Crippen molar-refractivity contribution < 1.29 is 9.59 Å². The van der Waals surface area contributed by atoms with E-state index in [-0.39, 0.29) is 6.04 Å². The van der Waals surface area contributed by atoms with Gasteiger partial charge in [0.05, 0.1) is 6.04 Å². The van der Waals surface area contributed by atoms with Crippen LogP contribution in [0, 0.1) is 0 Å². The van der Waals surface area contributed by atoms with Crippen molar-refractivity contribution in [2.45, 2.75) is 32.2 Å². The van der Waals surface area contributed by atoms with E-state index in [0.29, 0.717) is 13.1 Å². The Hall–Kier alpha value is -1.82. The monoisotopic (exact) mass is 306 g/mol. The Morgan fingerprint density at radius 1 is 1.23 bits per heavy atom. The molecule has 0 bridgehead atoms. The summed E-state index contributed by atoms with van der Waals surface area (Å²) in [5.41, 5.74) is 1.16. The minimum atomic E-state index is -0.549. The summed E-state index contributed by atoms with van der Waals surface area (Å²) in [7, 11) is 2.01. The van der Waals surface area contributed by atoms with Crippen molar-refractivity contribution >= 4 is 11.8 Å². The summed E-state index contributed by atoms with van der Waals surface area (Å²) in [6.45, 7) is 5.01. The number of nitrogens with zero attached hydrogens (tertiary/aromatic N) is 2. The molecule has 2 amide bonds. The Balaban J connectivity index is 1.97. The number of amides is 2. The topological polar surface area (TPSA) is 66.4 Å². The second-order valence-electron chi connectivity index (χ2n) is 5.77. The van der Waals surface area contributed by atoms with E-state index >= 15 is 0 Å². The van der Waals surface area contributed by atoms with Crippen molar-refractivity contribution in [1.29, 1.82) is 0 Å². The fraction of sp³-hybridized carbons (Fsp3) is 0.625. The number of hydrogen-bond acceptors (Lipinski definition) is 3. The zero-order chi connectivity index (χ0) is 15.9. The van der Waals surface area contributed by atoms with Gasteiger partial charge in [0.25, 0.3) is 0 Å². The number of likely N-dealkylation sites (tertiary alicyclic amines) is 1. The third kappa shape index (κ3) is 4.10. The molecular formula is C16H26N4O2. The summed E-state index contributed by atoms with van der Waals surface area (Å²) < 4.78 is 2.08. The van der Waals surface area contributed by atoms with Crippen molar-refractivity contribution in [2.24, 2.45) is 7.05 Å². The van der Waals surface area contributed by atoms with Gasteiger partial charge in [-0.1, -0.05) is 6.92 Å². The van der Waals surface area contributed by atoms with Crippen molar-refractivity contribution in [3.8, 4) is 0 Å². The summed E-state index contributed by atoms with van der Waals surface area (Å²) in [6, 6.07) is 4.20. The average Bonchev–Trinajstić information content (AvgIpc) is 3.17. The Kier molecular flexibility index (Phi) is 6.00. The zero-order valence-corrected chi connectivity index (χ0v) is 13.5. The highest BCUT2D eigenvalue weighted by Gasteiger charge is 2.26. The predicted molar refractivity (Wildman–Crippen MR) is 85.3 cm³/mol. The lowest BCUT2D eigenvalue weighted by Crippen LogP contribution is -2.44. The summed E-state index contributed by atoms with van der Waals surface area (Å²) in [4.78, 5) is 25.9. The molecule has 1 aliphatic rings. The molecule has 2 N–H and O–H groups in total. The maximum atomic E-state index is 11.9. The second kappa shape index (κ2) is 7.98. The predicted octanol–water partition coefficient (Wildman–Crippen LogP) is 0.804. The molecule has 1 saturated heterocycles. The van der Waals surface area contributed by atoms with Gasteiger partial charge in [-0.3, -0.25) is 14.5 Å². The first-order valence-corrected chi connectivity index (χ1v) is 8.04. The minimum absolute atomic E-state index is 0.116. The van der Waals surface area contributed by atoms with Gasteiger partial charge < -0.3 is 15.2 Å². The van der Waals surface area contributed by atoms with Crippen LogP contribution in [-0.2, 0) is 16.6 Å². The lowest BCUT2D eigenvalue weighted by molar-refractivity contribution is -0.139. The van der Waals surface area contributed by atoms with E-state index in [2.05, 4.69) is 26.2 Å². The van der Waals surface area contributed by atoms with Crippen LogP contribution in [0.5, 0.6) is 0 Å². The van der Waals surface area contributed by atoms with E-state index in [4.69, 9.17) is 0 Å². The number of carbonyl (C=O) groups is 2. The van der Waals surface area contributed by atoms with Gasteiger partial charge in [0.15, 0.2) is 0 Å². The van der Waals surface area contributed by atoms with Gasteiger partial charge in [0.2, 0.25) is 0 Å². The average molecular weight is 306 g/mol. The number of carbonyl (C=O) groups excluding carboxylic acids is 2. The van der Waals surface area contributed by atoms with E-state index in [1.54, 1.807) is 0 Å². The van der Waals surface area contributed by atoms with Gasteiger partial charge >= 0.3 is 11.8 Å². The quantitative estimate of drug-likeness (QED) is 0.764. The van der Waals surface area contributed by atoms with Gasteiger partial charge in [-0.15, -0.1) is 0 Å². The number of rotatable bonds is 6. The SMILES string of the molecule is CCCNC(=O)C(=O)NCC(c1cccn1C)N1CCCC1. The van der Waals surface area contributed by atoms with Gasteiger partial charge in [-0.2, -0.15) is 0 Å². The first-order valence-electron chi connectivity index (χ1n) is 8.04. The van der Waals surface area contributed by atoms with E-state index in [9.17, 15) is 9.59 Å². The smallest absolute Gasteiger partial charge is 0.309 e. The van der Waals surface area contributed by atoms with Crippen LogP contribution in [0.15, 0.2) is 18.3 Å². The maximum absolute atomic E-state index is 11.9. The fourth-order valence-electron chi connectivity index (χ4n) is 2.88. The highest BCUT2D eigenvalue weighted by Crippen LogP contribution is 2.24. The van der Waals surface area contributed by atoms with Crippen LogP contribution in [0.1, 0.15) is 37.9 Å². The third-order valence-corrected chi connectivity index (χ3v) is 4.10. The third-order valence-electron chi connectivity index (χ3n) is 4.10. The fourth-order valence-corrected chi connectivity index (χ4v) is 2.88. The standard InChI is InChI=1S/C16H26N4O2/c1-3-8-17-15(21)16(22)18-12-14(20-10-4-5-11-20)13-7-6-9-19(13)2/h6-7,9,14H,3-5,8,10-12H2,1-2H3,(H,17,21)(H,18,22). The second-order valence-corrected chi connectivity index (χ2v) is 5.77. The Morgan fingerprint density at radius 2 is 1.91 bits per heavy atom. The van der Waals surface area contributed by atoms with E-state index in [1.165, 1.54) is 12.8 Å². The molecule has 0 spiro atoms. The number of aryl methyl sites for hydroxylation is 1. The summed E-state index contributed by atoms with van der Waals surface area (Å²) in [5, 5.41) is 5.38. The number of aromatic nitrogens is 1. The number of hydrogen-bond donors (Lipinski definition) is 2. The van der Waals surface area contributed by atoms with Crippen molar-refractivity contribution in [2.75, 3.05) is 26.2 Å². The molecule has 1 aliphatic heterocycles. The van der Waals surface area contributed by atoms with Gasteiger partial charge in [0.1, 0.15) is 0 Å². The molecule has 122 valence electrons. The van der Waals surface area contributed by atoms with Gasteiger partial charge in [-0.05, 0) is 44.5 Å². The lowest BCUT2D eigenvalue weighted by atomic mass is 10.1. The van der Waals surface area contributed by atoms with E-state index in [1.807, 2.05) is 26.2 Å². The summed E-state index contributed by atoms with van der Waals surface area (Å²) in [5.74, 6) is -1.10. The van der Waals surface area contributed by atoms with E-state index < -0.39 is 11.8 Å². The molecule has 1 fully saturated rings. The van der Waals surface area contributed by atoms with Crippen molar-refractivity contribution in [3.63, 3.8) is 0 Å². The van der Waals surface area contributed by atoms with E-state index in [0.717, 1.165) is 25.2 Å². The molecule has 6 nitrogen and oxygen atoms in total. The number of nitrogens with one attached hydrogen (secondary N) is 2. The van der Waals surface area contributed by atoms with Crippen LogP contribution < -0.4 is 10.6 Å². The molecule has 2 heterocycles. The molecule has 1 atom stereocenters. The largest absolute Gasteiger partial charge is 0.353 e. The zero-order valence-electron chi connectivity index (χ0n) is 13.5. The van der Waals surface area contributed by atoms with Gasteiger partial charge in [-0.25, -0.2) is 0 Å². The van der Waals surface area contributed by atoms with Crippen LogP contribution in [0.4, 0.5) is 0 Å². The summed E-state index contributed by atoms with van der Waals surface area (Å²) >= 11 is 0. The highest BCUT2D eigenvalue weighted by atomic mass is 16.2. The molecule has 0 aromatic carbocycles. The molecule has 1 unspecified atom stereocenters. The molecule has 1 aromatic rings. The molecule has 22 heavy (non-hydrogen) atoms. The molecule has 0 radical (unpaired) electrons. The van der Waals surface area contributed by atoms with Crippen LogP contribution in [0.2, 0.25) is 0 Å². The Labute approximate surface area is 131 Å². The highest BCUT2D eigenvalue weighted by molar-refractivity contribution is 6.35. The molecule has 0 saturated carbocycles. The maximum Gasteiger partial charge on any atom is 0.309 e. The molecule has 0 aliphatic carbocycles. The van der Waals surface area contributed by atoms with Crippen LogP contribution in [0.25, 0.3) is 0 Å². The normalized spacial score (nSPS) is 16.5. The Bertz CT molecular complexity index is 506. The molecule has 2 rings (SSSR count).